The largest absolute Gasteiger partial charge is 0.286 e. The molecule has 0 aliphatic heterocycles. The number of unbranched alkanes of at least 4 members (excludes halogenated alkanes) is 16. The lowest BCUT2D eigenvalue weighted by molar-refractivity contribution is 0.478. The van der Waals surface area contributed by atoms with Crippen molar-refractivity contribution in [1.82, 2.24) is 0 Å². The number of hydrogen-bond donors (Lipinski definition) is 1. The lowest BCUT2D eigenvalue weighted by Crippen LogP contribution is -2.03. The normalized spacial score (nSPS) is 11.9. The molecule has 0 aromatic rings. The minimum atomic E-state index is -3.75. The van der Waals surface area contributed by atoms with Gasteiger partial charge in [-0.1, -0.05) is 112 Å². The summed E-state index contributed by atoms with van der Waals surface area (Å²) in [7, 11) is -3.75. The molecule has 0 spiro atoms. The van der Waals surface area contributed by atoms with E-state index in [1.165, 1.54) is 89.9 Å². The van der Waals surface area contributed by atoms with Crippen molar-refractivity contribution in [3.05, 3.63) is 0 Å². The number of halogens is 1. The van der Waals surface area contributed by atoms with Crippen molar-refractivity contribution < 1.29 is 13.0 Å². The second-order valence-electron chi connectivity index (χ2n) is 6.99. The standard InChI is InChI=1S/C19H39BrO3S/c20-18-16-14-12-10-8-6-4-2-1-3-5-7-9-11-13-15-17-19-24(21,22)23/h1-19H2,(H,21,22,23). The highest BCUT2D eigenvalue weighted by molar-refractivity contribution is 9.09. The minimum absolute atomic E-state index is 0.0795. The van der Waals surface area contributed by atoms with E-state index >= 15 is 0 Å². The highest BCUT2D eigenvalue weighted by Crippen LogP contribution is 2.14. The van der Waals surface area contributed by atoms with Gasteiger partial charge in [-0.3, -0.25) is 4.55 Å². The van der Waals surface area contributed by atoms with Crippen LogP contribution in [0.5, 0.6) is 0 Å². The quantitative estimate of drug-likeness (QED) is 0.139. The molecule has 0 bridgehead atoms. The van der Waals surface area contributed by atoms with Gasteiger partial charge in [-0.25, -0.2) is 0 Å². The van der Waals surface area contributed by atoms with E-state index in [9.17, 15) is 8.42 Å². The maximum atomic E-state index is 10.6. The SMILES string of the molecule is O=S(=O)(O)CCCCCCCCCCCCCCCCCCCBr. The van der Waals surface area contributed by atoms with Crippen molar-refractivity contribution in [1.29, 1.82) is 0 Å². The Hall–Kier alpha value is 0.390. The van der Waals surface area contributed by atoms with E-state index in [-0.39, 0.29) is 5.75 Å². The maximum Gasteiger partial charge on any atom is 0.264 e. The van der Waals surface area contributed by atoms with Gasteiger partial charge in [0.05, 0.1) is 5.75 Å². The van der Waals surface area contributed by atoms with Crippen molar-refractivity contribution in [3.63, 3.8) is 0 Å². The van der Waals surface area contributed by atoms with Crippen LogP contribution in [0.1, 0.15) is 109 Å². The number of rotatable bonds is 19. The second-order valence-corrected chi connectivity index (χ2v) is 9.35. The molecule has 0 saturated heterocycles. The molecule has 0 unspecified atom stereocenters. The van der Waals surface area contributed by atoms with Gasteiger partial charge < -0.3 is 0 Å². The van der Waals surface area contributed by atoms with Gasteiger partial charge in [0.15, 0.2) is 0 Å². The van der Waals surface area contributed by atoms with Crippen molar-refractivity contribution in [2.75, 3.05) is 11.1 Å². The van der Waals surface area contributed by atoms with Crippen LogP contribution in [0.4, 0.5) is 0 Å². The van der Waals surface area contributed by atoms with E-state index in [2.05, 4.69) is 15.9 Å². The summed E-state index contributed by atoms with van der Waals surface area (Å²) < 4.78 is 29.7. The third kappa shape index (κ3) is 22.4. The predicted octanol–water partition coefficient (Wildman–Crippen LogP) is 6.90. The molecule has 0 saturated carbocycles. The fourth-order valence-corrected chi connectivity index (χ4v) is 4.00. The highest BCUT2D eigenvalue weighted by atomic mass is 79.9. The molecule has 0 amide bonds. The third-order valence-corrected chi connectivity index (χ3v) is 5.90. The van der Waals surface area contributed by atoms with Crippen molar-refractivity contribution in [3.8, 4) is 0 Å². The first-order valence-corrected chi connectivity index (χ1v) is 12.8. The van der Waals surface area contributed by atoms with Crippen LogP contribution in [0.2, 0.25) is 0 Å². The van der Waals surface area contributed by atoms with E-state index in [1.807, 2.05) is 0 Å². The summed E-state index contributed by atoms with van der Waals surface area (Å²) in [6.45, 7) is 0. The summed E-state index contributed by atoms with van der Waals surface area (Å²) in [6.07, 6.45) is 21.6. The predicted molar refractivity (Wildman–Crippen MR) is 109 cm³/mol. The Morgan fingerprint density at radius 1 is 0.500 bits per heavy atom. The van der Waals surface area contributed by atoms with Crippen LogP contribution in [0.15, 0.2) is 0 Å². The van der Waals surface area contributed by atoms with E-state index in [1.54, 1.807) is 0 Å². The molecule has 24 heavy (non-hydrogen) atoms. The van der Waals surface area contributed by atoms with Crippen LogP contribution in [0.25, 0.3) is 0 Å². The lowest BCUT2D eigenvalue weighted by Gasteiger charge is -2.03. The Bertz CT molecular complexity index is 345. The first kappa shape index (κ1) is 24.4. The van der Waals surface area contributed by atoms with Crippen molar-refractivity contribution >= 4 is 26.0 Å². The summed E-state index contributed by atoms with van der Waals surface area (Å²) in [6, 6.07) is 0. The molecule has 0 aliphatic rings. The molecule has 0 atom stereocenters. The van der Waals surface area contributed by atoms with Gasteiger partial charge >= 0.3 is 0 Å². The van der Waals surface area contributed by atoms with E-state index < -0.39 is 10.1 Å². The zero-order valence-electron chi connectivity index (χ0n) is 15.5. The van der Waals surface area contributed by atoms with Crippen LogP contribution in [-0.2, 0) is 10.1 Å². The van der Waals surface area contributed by atoms with Crippen molar-refractivity contribution in [2.45, 2.75) is 109 Å². The van der Waals surface area contributed by atoms with Gasteiger partial charge in [-0.05, 0) is 12.8 Å². The Kier molecular flexibility index (Phi) is 18.5. The van der Waals surface area contributed by atoms with Crippen molar-refractivity contribution in [2.24, 2.45) is 0 Å². The molecule has 3 nitrogen and oxygen atoms in total. The monoisotopic (exact) mass is 426 g/mol. The zero-order valence-corrected chi connectivity index (χ0v) is 17.9. The molecule has 1 N–H and O–H groups in total. The van der Waals surface area contributed by atoms with Crippen LogP contribution in [0, 0.1) is 0 Å². The van der Waals surface area contributed by atoms with Gasteiger partial charge in [-0.15, -0.1) is 0 Å². The maximum absolute atomic E-state index is 10.6. The molecular formula is C19H39BrO3S. The molecule has 0 aromatic heterocycles. The Morgan fingerprint density at radius 3 is 1.00 bits per heavy atom. The van der Waals surface area contributed by atoms with E-state index in [4.69, 9.17) is 4.55 Å². The molecule has 0 aromatic carbocycles. The number of alkyl halides is 1. The summed E-state index contributed by atoms with van der Waals surface area (Å²) in [5, 5.41) is 1.15. The van der Waals surface area contributed by atoms with Gasteiger partial charge in [0, 0.05) is 5.33 Å². The molecule has 0 radical (unpaired) electrons. The van der Waals surface area contributed by atoms with Crippen LogP contribution in [0.3, 0.4) is 0 Å². The average molecular weight is 427 g/mol. The fourth-order valence-electron chi connectivity index (χ4n) is 3.03. The third-order valence-electron chi connectivity index (χ3n) is 4.54. The van der Waals surface area contributed by atoms with Crippen LogP contribution < -0.4 is 0 Å². The molecule has 0 fully saturated rings. The first-order valence-electron chi connectivity index (χ1n) is 10.1. The molecule has 0 heterocycles. The Balaban J connectivity index is 3.03. The fraction of sp³-hybridized carbons (Fsp3) is 1.00. The lowest BCUT2D eigenvalue weighted by atomic mass is 10.0. The molecule has 146 valence electrons. The number of hydrogen-bond acceptors (Lipinski definition) is 2. The highest BCUT2D eigenvalue weighted by Gasteiger charge is 2.02. The zero-order chi connectivity index (χ0) is 17.9. The summed E-state index contributed by atoms with van der Waals surface area (Å²) in [4.78, 5) is 0. The Labute approximate surface area is 159 Å². The second kappa shape index (κ2) is 18.2. The topological polar surface area (TPSA) is 54.4 Å². The Morgan fingerprint density at radius 2 is 0.750 bits per heavy atom. The van der Waals surface area contributed by atoms with E-state index in [0.29, 0.717) is 6.42 Å². The molecule has 0 aliphatic carbocycles. The molecule has 0 rings (SSSR count). The minimum Gasteiger partial charge on any atom is -0.286 e. The van der Waals surface area contributed by atoms with Gasteiger partial charge in [0.25, 0.3) is 10.1 Å². The van der Waals surface area contributed by atoms with E-state index in [0.717, 1.165) is 18.2 Å². The smallest absolute Gasteiger partial charge is 0.264 e. The van der Waals surface area contributed by atoms with Crippen LogP contribution in [-0.4, -0.2) is 24.1 Å². The van der Waals surface area contributed by atoms with Gasteiger partial charge in [-0.2, -0.15) is 8.42 Å². The summed E-state index contributed by atoms with van der Waals surface area (Å²) in [5.74, 6) is -0.0795. The van der Waals surface area contributed by atoms with Crippen LogP contribution >= 0.6 is 15.9 Å². The van der Waals surface area contributed by atoms with Gasteiger partial charge in [0.1, 0.15) is 0 Å². The average Bonchev–Trinajstić information content (AvgIpc) is 2.52. The van der Waals surface area contributed by atoms with Gasteiger partial charge in [0.2, 0.25) is 0 Å². The summed E-state index contributed by atoms with van der Waals surface area (Å²) >= 11 is 3.48. The first-order chi connectivity index (χ1) is 11.6. The molecule has 5 heteroatoms. The molecular weight excluding hydrogens is 388 g/mol. The summed E-state index contributed by atoms with van der Waals surface area (Å²) in [5.41, 5.74) is 0.